The number of nitrogens with one attached hydrogen (secondary N) is 1. The Balaban J connectivity index is 1.80. The number of rotatable bonds is 6. The van der Waals surface area contributed by atoms with Crippen molar-refractivity contribution in [1.29, 1.82) is 0 Å². The van der Waals surface area contributed by atoms with Crippen molar-refractivity contribution in [3.05, 3.63) is 63.0 Å². The minimum Gasteiger partial charge on any atom is -0.308 e. The van der Waals surface area contributed by atoms with Gasteiger partial charge in [-0.25, -0.2) is 4.98 Å². The van der Waals surface area contributed by atoms with E-state index >= 15 is 0 Å². The van der Waals surface area contributed by atoms with Crippen LogP contribution in [0.3, 0.4) is 0 Å². The number of H-pyrrole nitrogens is 1. The minimum atomic E-state index is -0.0354. The number of benzene rings is 1. The molecule has 3 rings (SSSR count). The third-order valence-electron chi connectivity index (χ3n) is 3.80. The Labute approximate surface area is 139 Å². The molecule has 4 nitrogen and oxygen atoms in total. The van der Waals surface area contributed by atoms with E-state index in [1.54, 1.807) is 0 Å². The van der Waals surface area contributed by atoms with E-state index in [-0.39, 0.29) is 5.56 Å². The molecule has 0 saturated carbocycles. The lowest BCUT2D eigenvalue weighted by molar-refractivity contribution is 0.251. The van der Waals surface area contributed by atoms with E-state index in [2.05, 4.69) is 53.0 Å². The second kappa shape index (κ2) is 7.06. The average Bonchev–Trinajstić information content (AvgIpc) is 2.99. The summed E-state index contributed by atoms with van der Waals surface area (Å²) in [4.78, 5) is 21.9. The Kier molecular flexibility index (Phi) is 4.88. The second-order valence-electron chi connectivity index (χ2n) is 5.84. The summed E-state index contributed by atoms with van der Waals surface area (Å²) in [5, 5.41) is 1.91. The fourth-order valence-corrected chi connectivity index (χ4v) is 3.42. The molecule has 2 heterocycles. The van der Waals surface area contributed by atoms with Crippen LogP contribution in [0.1, 0.15) is 30.3 Å². The van der Waals surface area contributed by atoms with Gasteiger partial charge in [-0.3, -0.25) is 9.69 Å². The molecule has 0 aliphatic rings. The molecule has 5 heteroatoms. The average molecular weight is 327 g/mol. The summed E-state index contributed by atoms with van der Waals surface area (Å²) in [6.07, 6.45) is 1.07. The lowest BCUT2D eigenvalue weighted by atomic mass is 10.1. The van der Waals surface area contributed by atoms with Crippen LogP contribution in [0.25, 0.3) is 10.2 Å². The third-order valence-corrected chi connectivity index (χ3v) is 4.71. The molecule has 0 amide bonds. The van der Waals surface area contributed by atoms with Crippen molar-refractivity contribution in [3.63, 3.8) is 0 Å². The molecule has 0 fully saturated rings. The van der Waals surface area contributed by atoms with Crippen LogP contribution in [0.4, 0.5) is 0 Å². The summed E-state index contributed by atoms with van der Waals surface area (Å²) in [5.41, 5.74) is 3.31. The normalized spacial score (nSPS) is 11.4. The molecule has 23 heavy (non-hydrogen) atoms. The summed E-state index contributed by atoms with van der Waals surface area (Å²) >= 11 is 1.44. The Morgan fingerprint density at radius 1 is 1.17 bits per heavy atom. The first-order chi connectivity index (χ1) is 11.2. The first-order valence-electron chi connectivity index (χ1n) is 7.90. The number of aromatic nitrogens is 2. The molecule has 2 aromatic heterocycles. The van der Waals surface area contributed by atoms with E-state index < -0.39 is 0 Å². The van der Waals surface area contributed by atoms with E-state index in [4.69, 9.17) is 0 Å². The third kappa shape index (κ3) is 3.86. The molecule has 120 valence electrons. The van der Waals surface area contributed by atoms with Gasteiger partial charge in [-0.2, -0.15) is 0 Å². The summed E-state index contributed by atoms with van der Waals surface area (Å²) in [6, 6.07) is 10.5. The lowest BCUT2D eigenvalue weighted by Gasteiger charge is -2.21. The number of fused-ring (bicyclic) bond motifs is 1. The minimum absolute atomic E-state index is 0.0354. The summed E-state index contributed by atoms with van der Waals surface area (Å²) in [7, 11) is 0. The van der Waals surface area contributed by atoms with Crippen molar-refractivity contribution in [3.8, 4) is 0 Å². The molecule has 0 unspecified atom stereocenters. The molecule has 0 radical (unpaired) electrons. The molecular formula is C18H21N3OS. The number of thiophene rings is 1. The van der Waals surface area contributed by atoms with Crippen LogP contribution in [0.5, 0.6) is 0 Å². The fraction of sp³-hybridized carbons (Fsp3) is 0.333. The summed E-state index contributed by atoms with van der Waals surface area (Å²) in [6.45, 7) is 6.75. The van der Waals surface area contributed by atoms with Gasteiger partial charge in [-0.15, -0.1) is 11.3 Å². The first-order valence-corrected chi connectivity index (χ1v) is 8.78. The van der Waals surface area contributed by atoms with Crippen molar-refractivity contribution >= 4 is 21.6 Å². The predicted octanol–water partition coefficient (Wildman–Crippen LogP) is 3.71. The van der Waals surface area contributed by atoms with Crippen LogP contribution < -0.4 is 5.56 Å². The van der Waals surface area contributed by atoms with Crippen LogP contribution >= 0.6 is 11.3 Å². The van der Waals surface area contributed by atoms with Gasteiger partial charge in [0.1, 0.15) is 10.5 Å². The zero-order valence-electron chi connectivity index (χ0n) is 13.5. The number of aryl methyl sites for hydroxylation is 1. The molecule has 0 atom stereocenters. The smallest absolute Gasteiger partial charge is 0.268 e. The van der Waals surface area contributed by atoms with Gasteiger partial charge in [0.25, 0.3) is 5.56 Å². The van der Waals surface area contributed by atoms with Crippen molar-refractivity contribution in [2.45, 2.75) is 33.4 Å². The van der Waals surface area contributed by atoms with Crippen molar-refractivity contribution in [2.24, 2.45) is 0 Å². The first kappa shape index (κ1) is 15.9. The molecule has 0 aliphatic carbocycles. The van der Waals surface area contributed by atoms with Gasteiger partial charge in [-0.05, 0) is 36.9 Å². The largest absolute Gasteiger partial charge is 0.308 e. The molecule has 0 aliphatic heterocycles. The molecule has 0 saturated heterocycles. The van der Waals surface area contributed by atoms with Crippen molar-refractivity contribution in [1.82, 2.24) is 14.9 Å². The summed E-state index contributed by atoms with van der Waals surface area (Å²) in [5.74, 6) is 0.737. The van der Waals surface area contributed by atoms with E-state index in [9.17, 15) is 4.79 Å². The zero-order chi connectivity index (χ0) is 16.2. The van der Waals surface area contributed by atoms with Crippen LogP contribution in [0, 0.1) is 6.92 Å². The van der Waals surface area contributed by atoms with Crippen LogP contribution in [-0.4, -0.2) is 21.4 Å². The van der Waals surface area contributed by atoms with Gasteiger partial charge in [0.15, 0.2) is 0 Å². The molecule has 0 bridgehead atoms. The van der Waals surface area contributed by atoms with E-state index in [1.165, 1.54) is 22.5 Å². The Morgan fingerprint density at radius 3 is 2.70 bits per heavy atom. The van der Waals surface area contributed by atoms with E-state index in [1.807, 2.05) is 11.4 Å². The van der Waals surface area contributed by atoms with E-state index in [0.29, 0.717) is 11.2 Å². The number of hydrogen-bond donors (Lipinski definition) is 1. The van der Waals surface area contributed by atoms with Crippen molar-refractivity contribution in [2.75, 3.05) is 6.54 Å². The molecular weight excluding hydrogens is 306 g/mol. The Morgan fingerprint density at radius 2 is 1.96 bits per heavy atom. The van der Waals surface area contributed by atoms with Gasteiger partial charge in [0, 0.05) is 6.54 Å². The highest BCUT2D eigenvalue weighted by Crippen LogP contribution is 2.15. The zero-order valence-corrected chi connectivity index (χ0v) is 14.3. The number of hydrogen-bond acceptors (Lipinski definition) is 4. The SMILES string of the molecule is CCCN(Cc1ccc(C)cc1)Cc1nc2ccsc2c(=O)[nH]1. The maximum absolute atomic E-state index is 12.1. The molecule has 0 spiro atoms. The summed E-state index contributed by atoms with van der Waals surface area (Å²) < 4.78 is 0.703. The maximum atomic E-state index is 12.1. The standard InChI is InChI=1S/C18H21N3OS/c1-3-9-21(11-14-6-4-13(2)5-7-14)12-16-19-15-8-10-23-17(15)18(22)20-16/h4-8,10H,3,9,11-12H2,1-2H3,(H,19,20,22). The van der Waals surface area contributed by atoms with Gasteiger partial charge in [0.2, 0.25) is 0 Å². The van der Waals surface area contributed by atoms with Gasteiger partial charge < -0.3 is 4.98 Å². The number of nitrogens with zero attached hydrogens (tertiary/aromatic N) is 2. The van der Waals surface area contributed by atoms with Crippen LogP contribution in [0.2, 0.25) is 0 Å². The Bertz CT molecular complexity index is 835. The monoisotopic (exact) mass is 327 g/mol. The quantitative estimate of drug-likeness (QED) is 0.751. The lowest BCUT2D eigenvalue weighted by Crippen LogP contribution is -2.26. The topological polar surface area (TPSA) is 49.0 Å². The highest BCUT2D eigenvalue weighted by atomic mass is 32.1. The maximum Gasteiger partial charge on any atom is 0.268 e. The Hall–Kier alpha value is -1.98. The van der Waals surface area contributed by atoms with Gasteiger partial charge in [-0.1, -0.05) is 36.8 Å². The van der Waals surface area contributed by atoms with Crippen LogP contribution in [0.15, 0.2) is 40.5 Å². The van der Waals surface area contributed by atoms with E-state index in [0.717, 1.165) is 30.9 Å². The molecule has 1 aromatic carbocycles. The predicted molar refractivity (Wildman–Crippen MR) is 95.8 cm³/mol. The highest BCUT2D eigenvalue weighted by molar-refractivity contribution is 7.17. The van der Waals surface area contributed by atoms with Gasteiger partial charge >= 0.3 is 0 Å². The van der Waals surface area contributed by atoms with Gasteiger partial charge in [0.05, 0.1) is 12.1 Å². The number of aromatic amines is 1. The molecule has 3 aromatic rings. The van der Waals surface area contributed by atoms with Crippen LogP contribution in [-0.2, 0) is 13.1 Å². The highest BCUT2D eigenvalue weighted by Gasteiger charge is 2.10. The second-order valence-corrected chi connectivity index (χ2v) is 6.76. The molecule has 1 N–H and O–H groups in total. The van der Waals surface area contributed by atoms with Crippen molar-refractivity contribution < 1.29 is 0 Å². The fourth-order valence-electron chi connectivity index (χ4n) is 2.69.